The van der Waals surface area contributed by atoms with Crippen molar-refractivity contribution in [2.75, 3.05) is 0 Å². The van der Waals surface area contributed by atoms with Crippen LogP contribution in [0.1, 0.15) is 37.3 Å². The van der Waals surface area contributed by atoms with E-state index >= 15 is 0 Å². The fourth-order valence-electron chi connectivity index (χ4n) is 5.58. The van der Waals surface area contributed by atoms with Crippen molar-refractivity contribution in [3.05, 3.63) is 157 Å². The van der Waals surface area contributed by atoms with Gasteiger partial charge in [-0.2, -0.15) is 0 Å². The monoisotopic (exact) mass is 568 g/mol. The van der Waals surface area contributed by atoms with Crippen molar-refractivity contribution in [2.45, 2.75) is 13.2 Å². The van der Waals surface area contributed by atoms with Gasteiger partial charge in [0.05, 0.1) is 28.9 Å². The molecule has 0 radical (unpaired) electrons. The maximum absolute atomic E-state index is 9.27. The molecule has 0 saturated heterocycles. The number of imidazole rings is 1. The van der Waals surface area contributed by atoms with Crippen molar-refractivity contribution < 1.29 is 24.7 Å². The van der Waals surface area contributed by atoms with Crippen LogP contribution in [-0.4, -0.2) is 9.55 Å². The summed E-state index contributed by atoms with van der Waals surface area (Å²) in [6.45, 7) is -3.10. The lowest BCUT2D eigenvalue weighted by Gasteiger charge is -2.18. The van der Waals surface area contributed by atoms with Crippen LogP contribution in [0.2, 0.25) is 0 Å². The molecule has 0 N–H and O–H groups in total. The quantitative estimate of drug-likeness (QED) is 0.189. The molecule has 0 aliphatic rings. The van der Waals surface area contributed by atoms with E-state index in [0.29, 0.717) is 11.0 Å². The minimum Gasteiger partial charge on any atom is -0.296 e. The Balaban J connectivity index is 1.49. The second kappa shape index (κ2) is 10.4. The van der Waals surface area contributed by atoms with Crippen molar-refractivity contribution in [3.8, 4) is 39.1 Å². The summed E-state index contributed by atoms with van der Waals surface area (Å²) in [5.41, 5.74) is 1.40. The van der Waals surface area contributed by atoms with Crippen LogP contribution in [0, 0.1) is 0 Å². The molecule has 204 valence electrons. The molecule has 0 fully saturated rings. The van der Waals surface area contributed by atoms with Crippen molar-refractivity contribution >= 4 is 32.6 Å². The van der Waals surface area contributed by atoms with E-state index in [1.807, 2.05) is 0 Å². The summed E-state index contributed by atoms with van der Waals surface area (Å²) in [4.78, 5) is 4.37. The second-order valence-electron chi connectivity index (χ2n) is 9.76. The highest BCUT2D eigenvalue weighted by molar-refractivity contribution is 6.21. The van der Waals surface area contributed by atoms with Gasteiger partial charge < -0.3 is 0 Å². The van der Waals surface area contributed by atoms with Gasteiger partial charge >= 0.3 is 0 Å². The van der Waals surface area contributed by atoms with E-state index in [1.54, 1.807) is 24.3 Å². The fourth-order valence-corrected chi connectivity index (χ4v) is 5.58. The number of nitrogens with zero attached hydrogens (tertiary/aromatic N) is 2. The van der Waals surface area contributed by atoms with Crippen molar-refractivity contribution in [2.24, 2.45) is 0 Å². The second-order valence-corrected chi connectivity index (χ2v) is 9.76. The molecule has 0 spiro atoms. The zero-order chi connectivity index (χ0) is 44.4. The lowest BCUT2D eigenvalue weighted by Crippen LogP contribution is -2.00. The van der Waals surface area contributed by atoms with Crippen LogP contribution in [0.15, 0.2) is 151 Å². The third-order valence-corrected chi connectivity index (χ3v) is 7.40. The average molecular weight is 569 g/mol. The Bertz CT molecular complexity index is 3080. The molecule has 8 rings (SSSR count). The molecule has 0 bridgehead atoms. The number of aromatic nitrogens is 2. The first-order valence-electron chi connectivity index (χ1n) is 22.3. The molecule has 2 nitrogen and oxygen atoms in total. The molecule has 0 amide bonds. The van der Waals surface area contributed by atoms with E-state index in [-0.39, 0.29) is 60.6 Å². The minimum atomic E-state index is -3.10. The van der Waals surface area contributed by atoms with Gasteiger partial charge in [-0.3, -0.25) is 4.57 Å². The fraction of sp³-hybridized carbons (Fsp3) is 0.0488. The summed E-state index contributed by atoms with van der Waals surface area (Å²) in [5, 5.41) is -0.442. The molecule has 0 saturated carbocycles. The highest BCUT2D eigenvalue weighted by atomic mass is 15.1. The standard InChI is InChI=1S/C41H30N2/c1-2-39-42-37-21-10-11-22-38(37)43(39)32-25-23-29(24-26-32)40-33-17-6-8-19-35(33)41(36-20-9-7-18-34(36)40)31-16-12-15-30(27-31)28-13-4-3-5-14-28/h3-27H,2H2,1H3/i1D3,2D2,3D,4D,5D,6D,7D,8D,9D,13D,14D,17D,18D,19D,20D. The van der Waals surface area contributed by atoms with Gasteiger partial charge in [0.2, 0.25) is 0 Å². The number of benzene rings is 7. The third kappa shape index (κ3) is 4.23. The molecular weight excluding hydrogens is 520 g/mol. The van der Waals surface area contributed by atoms with E-state index in [0.717, 1.165) is 0 Å². The number of para-hydroxylation sites is 2. The highest BCUT2D eigenvalue weighted by Crippen LogP contribution is 2.44. The Morgan fingerprint density at radius 3 is 1.88 bits per heavy atom. The van der Waals surface area contributed by atoms with Gasteiger partial charge in [-0.05, 0) is 85.3 Å². The van der Waals surface area contributed by atoms with Gasteiger partial charge in [-0.25, -0.2) is 4.98 Å². The molecule has 7 aromatic carbocycles. The van der Waals surface area contributed by atoms with Gasteiger partial charge in [0.1, 0.15) is 5.82 Å². The lowest BCUT2D eigenvalue weighted by molar-refractivity contribution is 0.908. The summed E-state index contributed by atoms with van der Waals surface area (Å²) in [6, 6.07) is 11.3. The highest BCUT2D eigenvalue weighted by Gasteiger charge is 2.17. The molecule has 8 aromatic rings. The summed E-state index contributed by atoms with van der Waals surface area (Å²) >= 11 is 0. The predicted molar refractivity (Wildman–Crippen MR) is 182 cm³/mol. The van der Waals surface area contributed by atoms with Gasteiger partial charge in [-0.15, -0.1) is 0 Å². The third-order valence-electron chi connectivity index (χ3n) is 7.40. The first kappa shape index (κ1) is 12.8. The smallest absolute Gasteiger partial charge is 0.114 e. The van der Waals surface area contributed by atoms with Crippen LogP contribution < -0.4 is 0 Å². The van der Waals surface area contributed by atoms with Crippen LogP contribution in [0.3, 0.4) is 0 Å². The molecule has 0 unspecified atom stereocenters. The Morgan fingerprint density at radius 2 is 1.21 bits per heavy atom. The van der Waals surface area contributed by atoms with Gasteiger partial charge in [-0.1, -0.05) is 128 Å². The van der Waals surface area contributed by atoms with Gasteiger partial charge in [0.25, 0.3) is 0 Å². The van der Waals surface area contributed by atoms with Gasteiger partial charge in [0, 0.05) is 18.9 Å². The summed E-state index contributed by atoms with van der Waals surface area (Å²) in [7, 11) is 0. The van der Waals surface area contributed by atoms with Crippen LogP contribution in [0.25, 0.3) is 71.6 Å². The zero-order valence-electron chi connectivity index (χ0n) is 40.3. The predicted octanol–water partition coefficient (Wildman–Crippen LogP) is 10.9. The molecule has 0 aliphatic carbocycles. The number of hydrogen-bond acceptors (Lipinski definition) is 1. The van der Waals surface area contributed by atoms with Crippen LogP contribution in [-0.2, 0) is 6.37 Å². The Kier molecular flexibility index (Phi) is 3.10. The topological polar surface area (TPSA) is 17.8 Å². The van der Waals surface area contributed by atoms with Crippen molar-refractivity contribution in [1.82, 2.24) is 9.55 Å². The molecule has 1 heterocycles. The Hall–Kier alpha value is -5.47. The van der Waals surface area contributed by atoms with E-state index in [1.165, 1.54) is 53.1 Å². The summed E-state index contributed by atoms with van der Waals surface area (Å²) < 4.78 is 156. The number of hydrogen-bond donors (Lipinski definition) is 0. The average Bonchev–Trinajstić information content (AvgIpc) is 3.64. The lowest BCUT2D eigenvalue weighted by atomic mass is 9.85. The summed E-state index contributed by atoms with van der Waals surface area (Å²) in [5.74, 6) is -0.393. The van der Waals surface area contributed by atoms with E-state index in [9.17, 15) is 5.48 Å². The van der Waals surface area contributed by atoms with Crippen LogP contribution >= 0.6 is 0 Å². The normalized spacial score (nSPS) is 18.0. The molecule has 2 heteroatoms. The Labute approximate surface area is 276 Å². The first-order valence-corrected chi connectivity index (χ1v) is 13.3. The number of fused-ring (bicyclic) bond motifs is 3. The maximum atomic E-state index is 9.27. The minimum absolute atomic E-state index is 0.0139. The first-order chi connectivity index (χ1) is 28.6. The molecule has 43 heavy (non-hydrogen) atoms. The zero-order valence-corrected chi connectivity index (χ0v) is 22.3. The largest absolute Gasteiger partial charge is 0.296 e. The van der Waals surface area contributed by atoms with E-state index < -0.39 is 97.6 Å². The van der Waals surface area contributed by atoms with Crippen molar-refractivity contribution in [1.29, 1.82) is 0 Å². The van der Waals surface area contributed by atoms with Crippen molar-refractivity contribution in [3.63, 3.8) is 0 Å². The molecular formula is C41H30N2. The van der Waals surface area contributed by atoms with Crippen LogP contribution in [0.5, 0.6) is 0 Å². The Morgan fingerprint density at radius 1 is 0.605 bits per heavy atom. The molecule has 1 aromatic heterocycles. The number of rotatable bonds is 5. The maximum Gasteiger partial charge on any atom is 0.114 e. The number of aryl methyl sites for hydroxylation is 1. The van der Waals surface area contributed by atoms with E-state index in [4.69, 9.17) is 19.2 Å². The molecule has 0 aliphatic heterocycles. The van der Waals surface area contributed by atoms with Gasteiger partial charge in [0.15, 0.2) is 0 Å². The summed E-state index contributed by atoms with van der Waals surface area (Å²) in [6.07, 6.45) is -2.90. The van der Waals surface area contributed by atoms with Crippen LogP contribution in [0.4, 0.5) is 0 Å². The van der Waals surface area contributed by atoms with E-state index in [2.05, 4.69) is 4.98 Å². The molecule has 0 atom stereocenters. The SMILES string of the molecule is [2H]c1c([2H])c([2H])c(-c2cccc(-c3c4c([2H])c([2H])c([2H])c([2H])c4c(-c4ccc(-n5c(C([2H])([2H])C([2H])([2H])[2H])nc6ccccc65)cc4)c4c([2H])c([2H])c([2H])c([2H])c34)c2)c([2H])c1[2H].